The van der Waals surface area contributed by atoms with Crippen molar-refractivity contribution in [3.63, 3.8) is 0 Å². The summed E-state index contributed by atoms with van der Waals surface area (Å²) in [6, 6.07) is 13.9. The zero-order chi connectivity index (χ0) is 26.0. The molecule has 0 aromatic heterocycles. The largest absolute Gasteiger partial charge is 0.334 e. The fourth-order valence-corrected chi connectivity index (χ4v) is 5.16. The molecule has 0 bridgehead atoms. The Bertz CT molecular complexity index is 1130. The van der Waals surface area contributed by atoms with Gasteiger partial charge in [0.15, 0.2) is 0 Å². The van der Waals surface area contributed by atoms with Gasteiger partial charge < -0.3 is 15.1 Å². The molecule has 0 aliphatic carbocycles. The lowest BCUT2D eigenvalue weighted by Crippen LogP contribution is -2.75. The highest BCUT2D eigenvalue weighted by Crippen LogP contribution is 2.30. The first-order valence-corrected chi connectivity index (χ1v) is 12.8. The standard InChI is InChI=1S/C26H31Cl2N5O3/c1-17(2)11-22-25(35)31(14-19-9-10-20(27)21(28)12-19)15-23-32(22)24(34)16-30(3)33(23)26(36)29-13-18-7-5-4-6-8-18/h4-10,12,17,22-23H,11,13-16H2,1-3H3,(H,29,36)/t22-,23-/m0/s1. The van der Waals surface area contributed by atoms with Crippen molar-refractivity contribution in [3.05, 3.63) is 69.7 Å². The Hall–Kier alpha value is -2.81. The maximum atomic E-state index is 13.6. The Morgan fingerprint density at radius 1 is 1.06 bits per heavy atom. The summed E-state index contributed by atoms with van der Waals surface area (Å²) < 4.78 is 0. The third kappa shape index (κ3) is 5.61. The number of carbonyl (C=O) groups excluding carboxylic acids is 3. The van der Waals surface area contributed by atoms with Gasteiger partial charge in [0.25, 0.3) is 0 Å². The number of amides is 4. The predicted molar refractivity (Wildman–Crippen MR) is 139 cm³/mol. The molecule has 10 heteroatoms. The number of likely N-dealkylation sites (N-methyl/N-ethyl adjacent to an activating group) is 1. The van der Waals surface area contributed by atoms with E-state index in [0.29, 0.717) is 29.6 Å². The normalized spacial score (nSPS) is 20.7. The van der Waals surface area contributed by atoms with Crippen molar-refractivity contribution in [1.82, 2.24) is 25.1 Å². The molecule has 4 rings (SSSR count). The number of rotatable bonds is 6. The first-order chi connectivity index (χ1) is 17.2. The number of urea groups is 1. The van der Waals surface area contributed by atoms with Crippen molar-refractivity contribution >= 4 is 41.0 Å². The van der Waals surface area contributed by atoms with Gasteiger partial charge >= 0.3 is 6.03 Å². The lowest BCUT2D eigenvalue weighted by atomic mass is 9.96. The molecule has 2 aromatic carbocycles. The van der Waals surface area contributed by atoms with E-state index in [0.717, 1.165) is 11.1 Å². The SMILES string of the molecule is CC(C)C[C@H]1C(=O)N(Cc2ccc(Cl)c(Cl)c2)C[C@H]2N1C(=O)CN(C)N2C(=O)NCc1ccccc1. The molecule has 2 aliphatic rings. The Labute approximate surface area is 221 Å². The van der Waals surface area contributed by atoms with E-state index < -0.39 is 12.2 Å². The molecule has 8 nitrogen and oxygen atoms in total. The van der Waals surface area contributed by atoms with E-state index in [2.05, 4.69) is 5.32 Å². The summed E-state index contributed by atoms with van der Waals surface area (Å²) in [5, 5.41) is 7.00. The van der Waals surface area contributed by atoms with Gasteiger partial charge in [-0.1, -0.05) is 73.4 Å². The first-order valence-electron chi connectivity index (χ1n) is 12.0. The van der Waals surface area contributed by atoms with Gasteiger partial charge in [-0.25, -0.2) is 14.8 Å². The zero-order valence-corrected chi connectivity index (χ0v) is 22.2. The van der Waals surface area contributed by atoms with Crippen LogP contribution in [0.15, 0.2) is 48.5 Å². The Morgan fingerprint density at radius 3 is 2.44 bits per heavy atom. The lowest BCUT2D eigenvalue weighted by Gasteiger charge is -2.54. The first kappa shape index (κ1) is 26.3. The molecule has 2 fully saturated rings. The highest BCUT2D eigenvalue weighted by molar-refractivity contribution is 6.42. The number of nitrogens with one attached hydrogen (secondary N) is 1. The van der Waals surface area contributed by atoms with Crippen LogP contribution in [0, 0.1) is 5.92 Å². The van der Waals surface area contributed by atoms with Gasteiger partial charge in [-0.2, -0.15) is 0 Å². The van der Waals surface area contributed by atoms with Crippen LogP contribution in [0.25, 0.3) is 0 Å². The Morgan fingerprint density at radius 2 is 1.78 bits per heavy atom. The van der Waals surface area contributed by atoms with Crippen molar-refractivity contribution < 1.29 is 14.4 Å². The highest BCUT2D eigenvalue weighted by Gasteiger charge is 2.50. The second-order valence-corrected chi connectivity index (χ2v) is 10.5. The maximum Gasteiger partial charge on any atom is 0.334 e. The van der Waals surface area contributed by atoms with Crippen LogP contribution < -0.4 is 5.32 Å². The molecule has 2 saturated heterocycles. The van der Waals surface area contributed by atoms with E-state index in [4.69, 9.17) is 23.2 Å². The topological polar surface area (TPSA) is 76.2 Å². The van der Waals surface area contributed by atoms with E-state index in [1.54, 1.807) is 39.0 Å². The van der Waals surface area contributed by atoms with E-state index in [1.807, 2.05) is 50.2 Å². The summed E-state index contributed by atoms with van der Waals surface area (Å²) >= 11 is 12.3. The van der Waals surface area contributed by atoms with Gasteiger partial charge in [-0.05, 0) is 35.6 Å². The third-order valence-corrected chi connectivity index (χ3v) is 7.23. The van der Waals surface area contributed by atoms with Crippen LogP contribution >= 0.6 is 23.2 Å². The van der Waals surface area contributed by atoms with Crippen LogP contribution in [0.1, 0.15) is 31.4 Å². The van der Waals surface area contributed by atoms with Gasteiger partial charge in [-0.3, -0.25) is 9.59 Å². The summed E-state index contributed by atoms with van der Waals surface area (Å²) in [6.45, 7) is 4.89. The van der Waals surface area contributed by atoms with Gasteiger partial charge in [0, 0.05) is 20.1 Å². The summed E-state index contributed by atoms with van der Waals surface area (Å²) in [4.78, 5) is 43.5. The number of piperazine rings is 1. The molecule has 0 spiro atoms. The Kier molecular flexibility index (Phi) is 8.07. The van der Waals surface area contributed by atoms with Crippen LogP contribution in [0.5, 0.6) is 0 Å². The molecule has 1 N–H and O–H groups in total. The second kappa shape index (κ2) is 11.1. The van der Waals surface area contributed by atoms with Crippen molar-refractivity contribution in [2.45, 2.75) is 45.6 Å². The zero-order valence-electron chi connectivity index (χ0n) is 20.7. The van der Waals surface area contributed by atoms with Gasteiger partial charge in [0.05, 0.1) is 23.1 Å². The number of halogens is 2. The van der Waals surface area contributed by atoms with Crippen LogP contribution in [0.2, 0.25) is 10.0 Å². The molecule has 2 aromatic rings. The maximum absolute atomic E-state index is 13.6. The molecule has 2 aliphatic heterocycles. The molecule has 4 amide bonds. The average Bonchev–Trinajstić information content (AvgIpc) is 2.83. The minimum atomic E-state index is -0.655. The molecular weight excluding hydrogens is 501 g/mol. The second-order valence-electron chi connectivity index (χ2n) is 9.70. The number of hydrogen-bond acceptors (Lipinski definition) is 4. The van der Waals surface area contributed by atoms with Crippen LogP contribution in [0.4, 0.5) is 4.79 Å². The molecular formula is C26H31Cl2N5O3. The fourth-order valence-electron chi connectivity index (χ4n) is 4.84. The fraction of sp³-hybridized carbons (Fsp3) is 0.423. The van der Waals surface area contributed by atoms with Gasteiger partial charge in [-0.15, -0.1) is 0 Å². The summed E-state index contributed by atoms with van der Waals surface area (Å²) in [6.07, 6.45) is -0.126. The monoisotopic (exact) mass is 531 g/mol. The summed E-state index contributed by atoms with van der Waals surface area (Å²) in [7, 11) is 1.72. The van der Waals surface area contributed by atoms with E-state index in [1.165, 1.54) is 0 Å². The molecule has 36 heavy (non-hydrogen) atoms. The molecule has 0 saturated carbocycles. The minimum Gasteiger partial charge on any atom is -0.333 e. The molecule has 2 heterocycles. The quantitative estimate of drug-likeness (QED) is 0.611. The number of hydrazine groups is 1. The number of benzene rings is 2. The van der Waals surface area contributed by atoms with E-state index in [9.17, 15) is 14.4 Å². The van der Waals surface area contributed by atoms with E-state index in [-0.39, 0.29) is 36.9 Å². The number of hydrogen-bond donors (Lipinski definition) is 1. The van der Waals surface area contributed by atoms with Crippen molar-refractivity contribution in [2.24, 2.45) is 5.92 Å². The summed E-state index contributed by atoms with van der Waals surface area (Å²) in [5.74, 6) is -0.117. The van der Waals surface area contributed by atoms with Crippen LogP contribution in [0.3, 0.4) is 0 Å². The third-order valence-electron chi connectivity index (χ3n) is 6.49. The van der Waals surface area contributed by atoms with Crippen LogP contribution in [-0.4, -0.2) is 70.0 Å². The lowest BCUT2D eigenvalue weighted by molar-refractivity contribution is -0.188. The highest BCUT2D eigenvalue weighted by atomic mass is 35.5. The average molecular weight is 532 g/mol. The van der Waals surface area contributed by atoms with Crippen LogP contribution in [-0.2, 0) is 22.7 Å². The Balaban J connectivity index is 1.62. The number of fused-ring (bicyclic) bond motifs is 1. The summed E-state index contributed by atoms with van der Waals surface area (Å²) in [5.41, 5.74) is 1.79. The van der Waals surface area contributed by atoms with Gasteiger partial charge in [0.1, 0.15) is 12.2 Å². The van der Waals surface area contributed by atoms with Crippen molar-refractivity contribution in [3.8, 4) is 0 Å². The molecule has 2 atom stereocenters. The number of carbonyl (C=O) groups is 3. The minimum absolute atomic E-state index is 0.0178. The molecule has 192 valence electrons. The molecule has 0 unspecified atom stereocenters. The van der Waals surface area contributed by atoms with Crippen molar-refractivity contribution in [1.29, 1.82) is 0 Å². The van der Waals surface area contributed by atoms with Gasteiger partial charge in [0.2, 0.25) is 11.8 Å². The van der Waals surface area contributed by atoms with E-state index >= 15 is 0 Å². The number of nitrogens with zero attached hydrogens (tertiary/aromatic N) is 4. The predicted octanol–water partition coefficient (Wildman–Crippen LogP) is 3.98. The molecule has 0 radical (unpaired) electrons. The van der Waals surface area contributed by atoms with Crippen molar-refractivity contribution in [2.75, 3.05) is 20.1 Å². The smallest absolute Gasteiger partial charge is 0.333 e.